The monoisotopic (exact) mass is 260 g/mol. The molecule has 0 spiro atoms. The minimum atomic E-state index is 0.207. The van der Waals surface area contributed by atoms with Crippen molar-refractivity contribution in [2.24, 2.45) is 10.9 Å². The van der Waals surface area contributed by atoms with Crippen molar-refractivity contribution < 1.29 is 5.21 Å². The molecule has 0 radical (unpaired) electrons. The van der Waals surface area contributed by atoms with Gasteiger partial charge in [0.1, 0.15) is 17.2 Å². The van der Waals surface area contributed by atoms with Crippen LogP contribution in [0.5, 0.6) is 0 Å². The van der Waals surface area contributed by atoms with Gasteiger partial charge in [0, 0.05) is 31.9 Å². The number of amidine groups is 1. The Bertz CT molecular complexity index is 585. The van der Waals surface area contributed by atoms with Gasteiger partial charge in [-0.05, 0) is 19.1 Å². The summed E-state index contributed by atoms with van der Waals surface area (Å²) in [7, 11) is 0. The molecule has 0 amide bonds. The SMILES string of the molecule is CCN(CCC(N)=NO)c1ccc2nccnc2n1. The summed E-state index contributed by atoms with van der Waals surface area (Å²) in [5, 5.41) is 11.5. The van der Waals surface area contributed by atoms with E-state index in [1.54, 1.807) is 12.4 Å². The quantitative estimate of drug-likeness (QED) is 0.360. The van der Waals surface area contributed by atoms with E-state index in [4.69, 9.17) is 10.9 Å². The van der Waals surface area contributed by atoms with E-state index in [0.29, 0.717) is 18.6 Å². The molecule has 2 aromatic rings. The molecule has 0 saturated heterocycles. The number of hydrogen-bond donors (Lipinski definition) is 2. The summed E-state index contributed by atoms with van der Waals surface area (Å²) in [6.07, 6.45) is 3.73. The average Bonchev–Trinajstić information content (AvgIpc) is 2.47. The zero-order valence-electron chi connectivity index (χ0n) is 10.7. The number of anilines is 1. The number of oxime groups is 1. The summed E-state index contributed by atoms with van der Waals surface area (Å²) in [4.78, 5) is 14.9. The molecule has 0 aliphatic carbocycles. The number of pyridine rings is 1. The molecule has 0 aliphatic heterocycles. The van der Waals surface area contributed by atoms with Crippen LogP contribution in [0.1, 0.15) is 13.3 Å². The van der Waals surface area contributed by atoms with Crippen LogP contribution in [-0.2, 0) is 0 Å². The molecule has 7 nitrogen and oxygen atoms in total. The lowest BCUT2D eigenvalue weighted by Gasteiger charge is -2.21. The second-order valence-electron chi connectivity index (χ2n) is 3.99. The first kappa shape index (κ1) is 13.0. The molecule has 0 aromatic carbocycles. The van der Waals surface area contributed by atoms with Gasteiger partial charge in [0.05, 0.1) is 0 Å². The van der Waals surface area contributed by atoms with Crippen LogP contribution < -0.4 is 10.6 Å². The Morgan fingerprint density at radius 1 is 1.37 bits per heavy atom. The van der Waals surface area contributed by atoms with E-state index >= 15 is 0 Å². The number of hydrogen-bond acceptors (Lipinski definition) is 6. The summed E-state index contributed by atoms with van der Waals surface area (Å²) >= 11 is 0. The maximum Gasteiger partial charge on any atom is 0.180 e. The van der Waals surface area contributed by atoms with Gasteiger partial charge in [-0.1, -0.05) is 5.16 Å². The predicted octanol–water partition coefficient (Wildman–Crippen LogP) is 0.988. The average molecular weight is 260 g/mol. The summed E-state index contributed by atoms with van der Waals surface area (Å²) in [5.41, 5.74) is 6.85. The van der Waals surface area contributed by atoms with Crippen molar-refractivity contribution in [1.82, 2.24) is 15.0 Å². The Hall–Kier alpha value is -2.44. The third-order valence-electron chi connectivity index (χ3n) is 2.79. The maximum atomic E-state index is 8.54. The van der Waals surface area contributed by atoms with Crippen molar-refractivity contribution in [2.75, 3.05) is 18.0 Å². The Morgan fingerprint density at radius 3 is 2.89 bits per heavy atom. The van der Waals surface area contributed by atoms with Gasteiger partial charge < -0.3 is 15.8 Å². The summed E-state index contributed by atoms with van der Waals surface area (Å²) in [5.74, 6) is 1.01. The number of fused-ring (bicyclic) bond motifs is 1. The molecule has 0 fully saturated rings. The van der Waals surface area contributed by atoms with Crippen LogP contribution in [0.2, 0.25) is 0 Å². The molecule has 0 aliphatic rings. The van der Waals surface area contributed by atoms with Crippen molar-refractivity contribution in [2.45, 2.75) is 13.3 Å². The topological polar surface area (TPSA) is 101 Å². The maximum absolute atomic E-state index is 8.54. The lowest BCUT2D eigenvalue weighted by molar-refractivity contribution is 0.317. The highest BCUT2D eigenvalue weighted by Gasteiger charge is 2.08. The van der Waals surface area contributed by atoms with E-state index in [9.17, 15) is 0 Å². The molecule has 0 bridgehead atoms. The van der Waals surface area contributed by atoms with Gasteiger partial charge in [-0.15, -0.1) is 0 Å². The van der Waals surface area contributed by atoms with Gasteiger partial charge in [0.25, 0.3) is 0 Å². The minimum Gasteiger partial charge on any atom is -0.409 e. The molecule has 0 saturated carbocycles. The minimum absolute atomic E-state index is 0.207. The van der Waals surface area contributed by atoms with Gasteiger partial charge in [-0.3, -0.25) is 4.98 Å². The zero-order valence-corrected chi connectivity index (χ0v) is 10.7. The van der Waals surface area contributed by atoms with Crippen LogP contribution in [0.15, 0.2) is 29.7 Å². The lowest BCUT2D eigenvalue weighted by atomic mass is 10.3. The molecule has 100 valence electrons. The van der Waals surface area contributed by atoms with Crippen molar-refractivity contribution in [3.8, 4) is 0 Å². The highest BCUT2D eigenvalue weighted by atomic mass is 16.4. The second kappa shape index (κ2) is 5.94. The van der Waals surface area contributed by atoms with Crippen LogP contribution in [0, 0.1) is 0 Å². The Morgan fingerprint density at radius 2 is 2.16 bits per heavy atom. The molecule has 0 unspecified atom stereocenters. The standard InChI is InChI=1S/C12H16N6O/c1-2-18(8-5-10(13)17-19)11-4-3-9-12(16-11)15-7-6-14-9/h3-4,6-7,19H,2,5,8H2,1H3,(H2,13,17). The van der Waals surface area contributed by atoms with Crippen LogP contribution in [0.25, 0.3) is 11.2 Å². The fourth-order valence-corrected chi connectivity index (χ4v) is 1.75. The van der Waals surface area contributed by atoms with E-state index in [-0.39, 0.29) is 5.84 Å². The van der Waals surface area contributed by atoms with E-state index in [1.165, 1.54) is 0 Å². The van der Waals surface area contributed by atoms with Crippen molar-refractivity contribution in [1.29, 1.82) is 0 Å². The summed E-state index contributed by atoms with van der Waals surface area (Å²) < 4.78 is 0. The largest absolute Gasteiger partial charge is 0.409 e. The molecule has 7 heteroatoms. The Kier molecular flexibility index (Phi) is 4.07. The first-order valence-electron chi connectivity index (χ1n) is 6.03. The first-order chi connectivity index (χ1) is 9.24. The smallest absolute Gasteiger partial charge is 0.180 e. The Balaban J connectivity index is 2.20. The molecular weight excluding hydrogens is 244 g/mol. The van der Waals surface area contributed by atoms with E-state index in [0.717, 1.165) is 17.9 Å². The van der Waals surface area contributed by atoms with Crippen LogP contribution >= 0.6 is 0 Å². The molecule has 2 rings (SSSR count). The van der Waals surface area contributed by atoms with Gasteiger partial charge >= 0.3 is 0 Å². The zero-order chi connectivity index (χ0) is 13.7. The predicted molar refractivity (Wildman–Crippen MR) is 73.2 cm³/mol. The molecule has 19 heavy (non-hydrogen) atoms. The number of rotatable bonds is 5. The van der Waals surface area contributed by atoms with Gasteiger partial charge in [0.2, 0.25) is 0 Å². The van der Waals surface area contributed by atoms with Crippen molar-refractivity contribution in [3.05, 3.63) is 24.5 Å². The number of aromatic nitrogens is 3. The second-order valence-corrected chi connectivity index (χ2v) is 3.99. The van der Waals surface area contributed by atoms with Gasteiger partial charge in [-0.25, -0.2) is 9.97 Å². The van der Waals surface area contributed by atoms with Crippen molar-refractivity contribution in [3.63, 3.8) is 0 Å². The van der Waals surface area contributed by atoms with Crippen LogP contribution in [0.3, 0.4) is 0 Å². The lowest BCUT2D eigenvalue weighted by Crippen LogP contribution is -2.28. The molecule has 0 atom stereocenters. The van der Waals surface area contributed by atoms with E-state index in [2.05, 4.69) is 20.1 Å². The first-order valence-corrected chi connectivity index (χ1v) is 6.03. The molecule has 3 N–H and O–H groups in total. The molecule has 2 heterocycles. The normalized spacial score (nSPS) is 11.7. The van der Waals surface area contributed by atoms with E-state index in [1.807, 2.05) is 24.0 Å². The highest BCUT2D eigenvalue weighted by Crippen LogP contribution is 2.14. The van der Waals surface area contributed by atoms with Crippen LogP contribution in [0.4, 0.5) is 5.82 Å². The number of nitrogens with zero attached hydrogens (tertiary/aromatic N) is 5. The van der Waals surface area contributed by atoms with Gasteiger partial charge in [0.15, 0.2) is 5.65 Å². The molecular formula is C12H16N6O. The Labute approximate surface area is 110 Å². The molecule has 2 aromatic heterocycles. The fraction of sp³-hybridized carbons (Fsp3) is 0.333. The number of nitrogens with two attached hydrogens (primary N) is 1. The highest BCUT2D eigenvalue weighted by molar-refractivity contribution is 5.80. The third kappa shape index (κ3) is 3.06. The summed E-state index contributed by atoms with van der Waals surface area (Å²) in [6.45, 7) is 3.43. The third-order valence-corrected chi connectivity index (χ3v) is 2.79. The van der Waals surface area contributed by atoms with Crippen LogP contribution in [-0.4, -0.2) is 39.1 Å². The van der Waals surface area contributed by atoms with Crippen molar-refractivity contribution >= 4 is 22.8 Å². The summed E-state index contributed by atoms with van der Waals surface area (Å²) in [6, 6.07) is 3.78. The fourth-order valence-electron chi connectivity index (χ4n) is 1.75. The van der Waals surface area contributed by atoms with Gasteiger partial charge in [-0.2, -0.15) is 0 Å². The van der Waals surface area contributed by atoms with E-state index < -0.39 is 0 Å².